The number of carbonyl (C=O) groups is 1. The molecule has 0 fully saturated rings. The fourth-order valence-electron chi connectivity index (χ4n) is 2.44. The minimum absolute atomic E-state index is 0.0475. The SMILES string of the molecule is CCC(CC)(CN)NS(=O)(=O)c1cc(Cl)cc(C(=O)N(C)C)c1OC. The van der Waals surface area contributed by atoms with Crippen molar-refractivity contribution in [3.63, 3.8) is 0 Å². The summed E-state index contributed by atoms with van der Waals surface area (Å²) >= 11 is 6.06. The Labute approximate surface area is 154 Å². The molecule has 0 atom stereocenters. The normalized spacial score (nSPS) is 12.1. The number of hydrogen-bond acceptors (Lipinski definition) is 5. The quantitative estimate of drug-likeness (QED) is 0.704. The third kappa shape index (κ3) is 4.63. The van der Waals surface area contributed by atoms with E-state index in [-0.39, 0.29) is 27.8 Å². The summed E-state index contributed by atoms with van der Waals surface area (Å²) in [6.45, 7) is 3.86. The van der Waals surface area contributed by atoms with Gasteiger partial charge in [0.2, 0.25) is 10.0 Å². The van der Waals surface area contributed by atoms with E-state index in [0.29, 0.717) is 12.8 Å². The van der Waals surface area contributed by atoms with E-state index in [0.717, 1.165) is 0 Å². The largest absolute Gasteiger partial charge is 0.494 e. The maximum atomic E-state index is 13.0. The third-order valence-electron chi connectivity index (χ3n) is 4.25. The van der Waals surface area contributed by atoms with Gasteiger partial charge in [-0.15, -0.1) is 0 Å². The van der Waals surface area contributed by atoms with E-state index in [1.54, 1.807) is 14.1 Å². The predicted octanol–water partition coefficient (Wildman–Crippen LogP) is 1.85. The van der Waals surface area contributed by atoms with Crippen LogP contribution in [0.5, 0.6) is 5.75 Å². The van der Waals surface area contributed by atoms with Gasteiger partial charge < -0.3 is 15.4 Å². The molecule has 1 amide bonds. The van der Waals surface area contributed by atoms with Crippen LogP contribution in [-0.4, -0.2) is 52.5 Å². The summed E-state index contributed by atoms with van der Waals surface area (Å²) in [6.07, 6.45) is 1.04. The van der Waals surface area contributed by atoms with E-state index in [1.807, 2.05) is 13.8 Å². The fraction of sp³-hybridized carbons (Fsp3) is 0.562. The third-order valence-corrected chi connectivity index (χ3v) is 6.05. The Kier molecular flexibility index (Phi) is 7.25. The summed E-state index contributed by atoms with van der Waals surface area (Å²) in [7, 11) is 0.415. The van der Waals surface area contributed by atoms with E-state index >= 15 is 0 Å². The lowest BCUT2D eigenvalue weighted by Crippen LogP contribution is -2.52. The number of benzene rings is 1. The lowest BCUT2D eigenvalue weighted by atomic mass is 9.95. The van der Waals surface area contributed by atoms with Crippen molar-refractivity contribution in [3.8, 4) is 5.75 Å². The van der Waals surface area contributed by atoms with Gasteiger partial charge in [0, 0.05) is 31.2 Å². The highest BCUT2D eigenvalue weighted by molar-refractivity contribution is 7.89. The van der Waals surface area contributed by atoms with Crippen molar-refractivity contribution in [1.29, 1.82) is 0 Å². The van der Waals surface area contributed by atoms with Crippen molar-refractivity contribution in [2.45, 2.75) is 37.1 Å². The molecular weight excluding hydrogens is 366 g/mol. The van der Waals surface area contributed by atoms with Gasteiger partial charge in [-0.3, -0.25) is 4.79 Å². The van der Waals surface area contributed by atoms with Crippen LogP contribution < -0.4 is 15.2 Å². The van der Waals surface area contributed by atoms with Crippen LogP contribution in [-0.2, 0) is 10.0 Å². The molecule has 1 aromatic carbocycles. The Balaban J connectivity index is 3.58. The van der Waals surface area contributed by atoms with Crippen LogP contribution in [0.3, 0.4) is 0 Å². The molecule has 0 spiro atoms. The van der Waals surface area contributed by atoms with Crippen molar-refractivity contribution in [2.75, 3.05) is 27.7 Å². The topological polar surface area (TPSA) is 102 Å². The van der Waals surface area contributed by atoms with Gasteiger partial charge in [0.1, 0.15) is 4.90 Å². The van der Waals surface area contributed by atoms with Gasteiger partial charge in [0.15, 0.2) is 5.75 Å². The smallest absolute Gasteiger partial charge is 0.257 e. The van der Waals surface area contributed by atoms with Gasteiger partial charge in [-0.05, 0) is 25.0 Å². The highest BCUT2D eigenvalue weighted by Gasteiger charge is 2.34. The zero-order valence-electron chi connectivity index (χ0n) is 15.2. The Morgan fingerprint density at radius 2 is 1.88 bits per heavy atom. The Morgan fingerprint density at radius 3 is 2.28 bits per heavy atom. The first-order chi connectivity index (χ1) is 11.6. The van der Waals surface area contributed by atoms with Gasteiger partial charge in [-0.25, -0.2) is 13.1 Å². The molecule has 25 heavy (non-hydrogen) atoms. The molecule has 9 heteroatoms. The number of amides is 1. The highest BCUT2D eigenvalue weighted by Crippen LogP contribution is 2.33. The molecular formula is C16H26ClN3O4S. The van der Waals surface area contributed by atoms with Crippen molar-refractivity contribution in [2.24, 2.45) is 5.73 Å². The average Bonchev–Trinajstić information content (AvgIpc) is 2.58. The van der Waals surface area contributed by atoms with Crippen LogP contribution >= 0.6 is 11.6 Å². The number of nitrogens with two attached hydrogens (primary N) is 1. The molecule has 7 nitrogen and oxygen atoms in total. The first kappa shape index (κ1) is 21.7. The van der Waals surface area contributed by atoms with Crippen LogP contribution in [0.15, 0.2) is 17.0 Å². The van der Waals surface area contributed by atoms with Crippen molar-refractivity contribution in [1.82, 2.24) is 9.62 Å². The summed E-state index contributed by atoms with van der Waals surface area (Å²) in [4.78, 5) is 13.5. The van der Waals surface area contributed by atoms with Gasteiger partial charge >= 0.3 is 0 Å². The number of methoxy groups -OCH3 is 1. The fourth-order valence-corrected chi connectivity index (χ4v) is 4.50. The molecule has 0 heterocycles. The number of nitrogens with one attached hydrogen (secondary N) is 1. The maximum Gasteiger partial charge on any atom is 0.257 e. The van der Waals surface area contributed by atoms with Crippen LogP contribution in [0.1, 0.15) is 37.0 Å². The Hall–Kier alpha value is -1.35. The second-order valence-corrected chi connectivity index (χ2v) is 8.07. The molecule has 0 bridgehead atoms. The highest BCUT2D eigenvalue weighted by atomic mass is 35.5. The van der Waals surface area contributed by atoms with Crippen LogP contribution in [0.2, 0.25) is 5.02 Å². The summed E-state index contributed by atoms with van der Waals surface area (Å²) in [5, 5.41) is 0.123. The molecule has 1 rings (SSSR count). The molecule has 0 radical (unpaired) electrons. The van der Waals surface area contributed by atoms with Crippen molar-refractivity contribution in [3.05, 3.63) is 22.7 Å². The minimum atomic E-state index is -4.01. The molecule has 0 saturated heterocycles. The lowest BCUT2D eigenvalue weighted by Gasteiger charge is -2.31. The Bertz CT molecular complexity index is 723. The second-order valence-electron chi connectivity index (χ2n) is 5.98. The van der Waals surface area contributed by atoms with Gasteiger partial charge in [-0.1, -0.05) is 25.4 Å². The monoisotopic (exact) mass is 391 g/mol. The molecule has 0 aliphatic heterocycles. The van der Waals surface area contributed by atoms with Crippen molar-refractivity contribution >= 4 is 27.5 Å². The van der Waals surface area contributed by atoms with E-state index in [2.05, 4.69) is 4.72 Å². The molecule has 0 aliphatic carbocycles. The number of carbonyl (C=O) groups excluding carboxylic acids is 1. The number of sulfonamides is 1. The summed E-state index contributed by atoms with van der Waals surface area (Å²) in [6, 6.07) is 2.65. The molecule has 142 valence electrons. The number of rotatable bonds is 8. The van der Waals surface area contributed by atoms with E-state index in [1.165, 1.54) is 24.1 Å². The molecule has 3 N–H and O–H groups in total. The first-order valence-electron chi connectivity index (χ1n) is 7.90. The zero-order chi connectivity index (χ0) is 19.4. The lowest BCUT2D eigenvalue weighted by molar-refractivity contribution is 0.0824. The minimum Gasteiger partial charge on any atom is -0.494 e. The van der Waals surface area contributed by atoms with Crippen LogP contribution in [0.4, 0.5) is 0 Å². The summed E-state index contributed by atoms with van der Waals surface area (Å²) in [5.74, 6) is -0.458. The van der Waals surface area contributed by atoms with Gasteiger partial charge in [-0.2, -0.15) is 0 Å². The molecule has 0 unspecified atom stereocenters. The Morgan fingerprint density at radius 1 is 1.32 bits per heavy atom. The van der Waals surface area contributed by atoms with E-state index in [9.17, 15) is 13.2 Å². The van der Waals surface area contributed by atoms with E-state index < -0.39 is 21.5 Å². The predicted molar refractivity (Wildman–Crippen MR) is 98.7 cm³/mol. The average molecular weight is 392 g/mol. The number of nitrogens with zero attached hydrogens (tertiary/aromatic N) is 1. The first-order valence-corrected chi connectivity index (χ1v) is 9.76. The van der Waals surface area contributed by atoms with E-state index in [4.69, 9.17) is 22.1 Å². The number of hydrogen-bond donors (Lipinski definition) is 2. The second kappa shape index (κ2) is 8.35. The standard InChI is InChI=1S/C16H26ClN3O4S/c1-6-16(7-2,10-18)19-25(22,23)13-9-11(17)8-12(14(13)24-5)15(21)20(3)4/h8-9,19H,6-7,10,18H2,1-5H3. The number of ether oxygens (including phenoxy) is 1. The molecule has 0 saturated carbocycles. The van der Waals surface area contributed by atoms with Gasteiger partial charge in [0.05, 0.1) is 12.7 Å². The summed E-state index contributed by atoms with van der Waals surface area (Å²) in [5.41, 5.74) is 5.08. The summed E-state index contributed by atoms with van der Waals surface area (Å²) < 4.78 is 33.8. The van der Waals surface area contributed by atoms with Crippen LogP contribution in [0.25, 0.3) is 0 Å². The molecule has 0 aromatic heterocycles. The number of halogens is 1. The maximum absolute atomic E-state index is 13.0. The van der Waals surface area contributed by atoms with Gasteiger partial charge in [0.25, 0.3) is 5.91 Å². The van der Waals surface area contributed by atoms with Crippen molar-refractivity contribution < 1.29 is 17.9 Å². The zero-order valence-corrected chi connectivity index (χ0v) is 16.8. The molecule has 0 aliphatic rings. The van der Waals surface area contributed by atoms with Crippen LogP contribution in [0, 0.1) is 0 Å². The molecule has 1 aromatic rings.